The molecule has 0 aromatic carbocycles. The van der Waals surface area contributed by atoms with E-state index in [0.29, 0.717) is 5.69 Å². The van der Waals surface area contributed by atoms with E-state index < -0.39 is 66.9 Å². The van der Waals surface area contributed by atoms with Crippen LogP contribution in [0, 0.1) is 0 Å². The van der Waals surface area contributed by atoms with Crippen molar-refractivity contribution in [3.63, 3.8) is 0 Å². The van der Waals surface area contributed by atoms with Gasteiger partial charge in [0, 0.05) is 18.3 Å². The number of aliphatic carboxylic acids is 2. The van der Waals surface area contributed by atoms with E-state index >= 15 is 0 Å². The van der Waals surface area contributed by atoms with Gasteiger partial charge in [-0.15, -0.1) is 0 Å². The molecule has 0 saturated carbocycles. The summed E-state index contributed by atoms with van der Waals surface area (Å²) < 4.78 is 0. The molecule has 0 fully saturated rings. The Kier molecular flexibility index (Phi) is 9.38. The molecule has 0 saturated heterocycles. The van der Waals surface area contributed by atoms with Crippen LogP contribution < -0.4 is 21.7 Å². The minimum absolute atomic E-state index is 0.0888. The Hall–Kier alpha value is -3.52. The maximum Gasteiger partial charge on any atom is 0.325 e. The number of aromatic amines is 1. The van der Waals surface area contributed by atoms with Gasteiger partial charge in [0.2, 0.25) is 17.7 Å². The summed E-state index contributed by atoms with van der Waals surface area (Å²) in [5.74, 6) is -5.38. The number of H-pyrrole nitrogens is 1. The van der Waals surface area contributed by atoms with Crippen LogP contribution in [0.25, 0.3) is 0 Å². The number of aromatic nitrogens is 2. The molecule has 4 atom stereocenters. The molecule has 3 amide bonds. The highest BCUT2D eigenvalue weighted by Crippen LogP contribution is 2.01. The number of nitrogens with zero attached hydrogens (tertiary/aromatic N) is 1. The molecule has 4 unspecified atom stereocenters. The first-order valence-electron chi connectivity index (χ1n) is 8.74. The number of nitrogens with one attached hydrogen (secondary N) is 4. The number of amides is 3. The quantitative estimate of drug-likeness (QED) is 0.162. The summed E-state index contributed by atoms with van der Waals surface area (Å²) in [6.07, 6.45) is 1.95. The lowest BCUT2D eigenvalue weighted by atomic mass is 10.1. The third kappa shape index (κ3) is 7.84. The number of imidazole rings is 1. The highest BCUT2D eigenvalue weighted by molar-refractivity contribution is 5.94. The van der Waals surface area contributed by atoms with Gasteiger partial charge in [0.25, 0.3) is 0 Å². The summed E-state index contributed by atoms with van der Waals surface area (Å²) in [6, 6.07) is -5.48. The van der Waals surface area contributed by atoms with Gasteiger partial charge in [-0.2, -0.15) is 0 Å². The molecule has 166 valence electrons. The normalized spacial score (nSPS) is 14.6. The maximum atomic E-state index is 12.5. The SMILES string of the molecule is CC(NC(=O)C(Cc1cnc[nH]1)NC(=O)C(CO)NC(=O)C(N)CC(=O)O)C(=O)O. The van der Waals surface area contributed by atoms with Gasteiger partial charge in [-0.05, 0) is 6.92 Å². The van der Waals surface area contributed by atoms with Crippen LogP contribution >= 0.6 is 0 Å². The van der Waals surface area contributed by atoms with Gasteiger partial charge in [0.05, 0.1) is 25.4 Å². The summed E-state index contributed by atoms with van der Waals surface area (Å²) in [7, 11) is 0. The first kappa shape index (κ1) is 24.5. The second-order valence-corrected chi connectivity index (χ2v) is 6.36. The zero-order chi connectivity index (χ0) is 22.8. The summed E-state index contributed by atoms with van der Waals surface area (Å²) in [4.78, 5) is 64.9. The van der Waals surface area contributed by atoms with Crippen molar-refractivity contribution in [2.45, 2.75) is 43.9 Å². The van der Waals surface area contributed by atoms with Crippen molar-refractivity contribution in [1.29, 1.82) is 0 Å². The van der Waals surface area contributed by atoms with Crippen LogP contribution in [-0.4, -0.2) is 85.7 Å². The predicted octanol–water partition coefficient (Wildman–Crippen LogP) is -3.69. The molecule has 14 heteroatoms. The van der Waals surface area contributed by atoms with Crippen molar-refractivity contribution in [2.75, 3.05) is 6.61 Å². The van der Waals surface area contributed by atoms with E-state index in [0.717, 1.165) is 0 Å². The maximum absolute atomic E-state index is 12.5. The number of hydrogen-bond acceptors (Lipinski definition) is 8. The summed E-state index contributed by atoms with van der Waals surface area (Å²) >= 11 is 0. The fraction of sp³-hybridized carbons (Fsp3) is 0.500. The molecule has 0 aliphatic heterocycles. The number of carbonyl (C=O) groups is 5. The molecule has 1 heterocycles. The zero-order valence-corrected chi connectivity index (χ0v) is 16.0. The van der Waals surface area contributed by atoms with Crippen molar-refractivity contribution in [3.05, 3.63) is 18.2 Å². The summed E-state index contributed by atoms with van der Waals surface area (Å²) in [5.41, 5.74) is 5.86. The average Bonchev–Trinajstić information content (AvgIpc) is 3.17. The number of rotatable bonds is 12. The fourth-order valence-corrected chi connectivity index (χ4v) is 2.23. The number of carboxylic acids is 2. The van der Waals surface area contributed by atoms with E-state index in [1.807, 2.05) is 0 Å². The van der Waals surface area contributed by atoms with Crippen LogP contribution in [0.15, 0.2) is 12.5 Å². The summed E-state index contributed by atoms with van der Waals surface area (Å²) in [6.45, 7) is 0.372. The van der Waals surface area contributed by atoms with Crippen LogP contribution in [0.2, 0.25) is 0 Å². The number of carbonyl (C=O) groups excluding carboxylic acids is 3. The minimum atomic E-state index is -1.52. The first-order valence-corrected chi connectivity index (χ1v) is 8.74. The highest BCUT2D eigenvalue weighted by atomic mass is 16.4. The van der Waals surface area contributed by atoms with Gasteiger partial charge in [-0.3, -0.25) is 24.0 Å². The van der Waals surface area contributed by atoms with E-state index in [-0.39, 0.29) is 6.42 Å². The van der Waals surface area contributed by atoms with Crippen molar-refractivity contribution in [3.8, 4) is 0 Å². The van der Waals surface area contributed by atoms with Crippen LogP contribution in [-0.2, 0) is 30.4 Å². The van der Waals surface area contributed by atoms with Gasteiger partial charge in [0.15, 0.2) is 0 Å². The number of nitrogens with two attached hydrogens (primary N) is 1. The minimum Gasteiger partial charge on any atom is -0.481 e. The Morgan fingerprint density at radius 2 is 1.67 bits per heavy atom. The van der Waals surface area contributed by atoms with E-state index in [2.05, 4.69) is 25.9 Å². The molecular weight excluding hydrogens is 404 g/mol. The fourth-order valence-electron chi connectivity index (χ4n) is 2.23. The second-order valence-electron chi connectivity index (χ2n) is 6.36. The lowest BCUT2D eigenvalue weighted by Gasteiger charge is -2.23. The van der Waals surface area contributed by atoms with Crippen molar-refractivity contribution >= 4 is 29.7 Å². The largest absolute Gasteiger partial charge is 0.481 e. The molecule has 1 aromatic heterocycles. The van der Waals surface area contributed by atoms with Crippen molar-refractivity contribution < 1.29 is 39.3 Å². The van der Waals surface area contributed by atoms with Gasteiger partial charge < -0.3 is 42.0 Å². The Bertz CT molecular complexity index is 768. The number of hydrogen-bond donors (Lipinski definition) is 8. The third-order valence-electron chi connectivity index (χ3n) is 3.89. The van der Waals surface area contributed by atoms with Gasteiger partial charge in [-0.1, -0.05) is 0 Å². The van der Waals surface area contributed by atoms with Crippen molar-refractivity contribution in [2.24, 2.45) is 5.73 Å². The zero-order valence-electron chi connectivity index (χ0n) is 16.0. The number of carboxylic acid groups (broad SMARTS) is 2. The highest BCUT2D eigenvalue weighted by Gasteiger charge is 2.29. The molecule has 9 N–H and O–H groups in total. The third-order valence-corrected chi connectivity index (χ3v) is 3.89. The molecule has 14 nitrogen and oxygen atoms in total. The lowest BCUT2D eigenvalue weighted by molar-refractivity contribution is -0.141. The smallest absolute Gasteiger partial charge is 0.325 e. The molecule has 0 spiro atoms. The molecule has 0 radical (unpaired) electrons. The molecule has 1 rings (SSSR count). The van der Waals surface area contributed by atoms with Crippen LogP contribution in [0.1, 0.15) is 19.0 Å². The van der Waals surface area contributed by atoms with E-state index in [1.54, 1.807) is 0 Å². The Labute approximate surface area is 170 Å². The Balaban J connectivity index is 2.87. The number of aliphatic hydroxyl groups is 1. The Morgan fingerprint density at radius 1 is 1.07 bits per heavy atom. The Morgan fingerprint density at radius 3 is 2.17 bits per heavy atom. The average molecular weight is 428 g/mol. The monoisotopic (exact) mass is 428 g/mol. The molecule has 0 bridgehead atoms. The van der Waals surface area contributed by atoms with Crippen LogP contribution in [0.4, 0.5) is 0 Å². The molecule has 1 aromatic rings. The molecule has 0 aliphatic rings. The van der Waals surface area contributed by atoms with Gasteiger partial charge in [-0.25, -0.2) is 4.98 Å². The van der Waals surface area contributed by atoms with E-state index in [9.17, 15) is 29.1 Å². The topological polar surface area (TPSA) is 237 Å². The van der Waals surface area contributed by atoms with Crippen molar-refractivity contribution in [1.82, 2.24) is 25.9 Å². The van der Waals surface area contributed by atoms with E-state index in [1.165, 1.54) is 19.4 Å². The predicted molar refractivity (Wildman–Crippen MR) is 98.7 cm³/mol. The number of aliphatic hydroxyl groups excluding tert-OH is 1. The summed E-state index contributed by atoms with van der Waals surface area (Å²) in [5, 5.41) is 33.6. The lowest BCUT2D eigenvalue weighted by Crippen LogP contribution is -2.58. The second kappa shape index (κ2) is 11.5. The van der Waals surface area contributed by atoms with Gasteiger partial charge in [0.1, 0.15) is 18.1 Å². The van der Waals surface area contributed by atoms with Gasteiger partial charge >= 0.3 is 11.9 Å². The molecule has 30 heavy (non-hydrogen) atoms. The van der Waals surface area contributed by atoms with Crippen LogP contribution in [0.3, 0.4) is 0 Å². The molecular formula is C16H24N6O8. The van der Waals surface area contributed by atoms with E-state index in [4.69, 9.17) is 15.9 Å². The first-order chi connectivity index (χ1) is 14.0. The van der Waals surface area contributed by atoms with Crippen LogP contribution in [0.5, 0.6) is 0 Å². The standard InChI is InChI=1S/C16H24N6O8/c1-7(16(29)30)20-14(27)10(2-8-4-18-6-19-8)21-15(28)11(5-23)22-13(26)9(17)3-12(24)25/h4,6-7,9-11,23H,2-3,5,17H2,1H3,(H,18,19)(H,20,27)(H,21,28)(H,22,26)(H,24,25)(H,29,30). The molecule has 0 aliphatic carbocycles.